The van der Waals surface area contributed by atoms with Crippen LogP contribution in [0.15, 0.2) is 57.8 Å². The van der Waals surface area contributed by atoms with E-state index in [9.17, 15) is 23.9 Å². The standard InChI is InChI=1S/C26H28ClFN2O6/c1-16(2)14-35-25(33)26(3,34)15-30(13-22(31)23-11-24(32)29-36-23)12-17-4-6-18(7-5-17)20-10-19(27)8-9-21(20)28/h4-11,16,34H,12-15H2,1-3H3,(H,29,32)/t26-/m1/s1. The van der Waals surface area contributed by atoms with E-state index in [1.807, 2.05) is 13.8 Å². The van der Waals surface area contributed by atoms with Crippen LogP contribution in [0.3, 0.4) is 0 Å². The summed E-state index contributed by atoms with van der Waals surface area (Å²) in [7, 11) is 0. The number of carbonyl (C=O) groups is 2. The number of H-pyrrole nitrogens is 1. The number of hydrogen-bond acceptors (Lipinski definition) is 7. The molecule has 2 N–H and O–H groups in total. The zero-order valence-corrected chi connectivity index (χ0v) is 21.0. The van der Waals surface area contributed by atoms with Crippen LogP contribution in [0, 0.1) is 11.7 Å². The molecule has 3 rings (SSSR count). The quantitative estimate of drug-likeness (QED) is 0.291. The Morgan fingerprint density at radius 1 is 1.19 bits per heavy atom. The van der Waals surface area contributed by atoms with Gasteiger partial charge in [0.15, 0.2) is 5.60 Å². The highest BCUT2D eigenvalue weighted by Gasteiger charge is 2.35. The van der Waals surface area contributed by atoms with Gasteiger partial charge in [-0.2, -0.15) is 5.16 Å². The molecule has 0 aliphatic heterocycles. The summed E-state index contributed by atoms with van der Waals surface area (Å²) >= 11 is 6.00. The number of esters is 1. The molecule has 0 fully saturated rings. The Hall–Kier alpha value is -3.27. The SMILES string of the molecule is CC(C)COC(=O)[C@](C)(O)CN(CC(=O)c1cc(=O)[nH]o1)Cc1ccc(-c2cc(Cl)ccc2F)cc1. The third-order valence-corrected chi connectivity index (χ3v) is 5.52. The molecule has 0 spiro atoms. The zero-order valence-electron chi connectivity index (χ0n) is 20.2. The maximum Gasteiger partial charge on any atom is 0.339 e. The first-order chi connectivity index (χ1) is 16.9. The molecule has 0 aliphatic rings. The van der Waals surface area contributed by atoms with Crippen LogP contribution in [0.2, 0.25) is 5.02 Å². The number of ether oxygens (including phenoxy) is 1. The highest BCUT2D eigenvalue weighted by molar-refractivity contribution is 6.30. The molecule has 8 nitrogen and oxygen atoms in total. The lowest BCUT2D eigenvalue weighted by atomic mass is 10.0. The topological polar surface area (TPSA) is 113 Å². The second-order valence-corrected chi connectivity index (χ2v) is 9.67. The van der Waals surface area contributed by atoms with Crippen molar-refractivity contribution in [3.63, 3.8) is 0 Å². The molecule has 36 heavy (non-hydrogen) atoms. The number of Topliss-reactive ketones (excluding diaryl/α,β-unsaturated/α-hetero) is 1. The van der Waals surface area contributed by atoms with Crippen LogP contribution in [0.1, 0.15) is 36.9 Å². The molecule has 0 aliphatic carbocycles. The molecular formula is C26H28ClFN2O6. The molecule has 1 aromatic heterocycles. The minimum absolute atomic E-state index is 0.0850. The van der Waals surface area contributed by atoms with Crippen molar-refractivity contribution in [2.24, 2.45) is 5.92 Å². The van der Waals surface area contributed by atoms with Crippen molar-refractivity contribution in [2.45, 2.75) is 32.9 Å². The van der Waals surface area contributed by atoms with Crippen LogP contribution < -0.4 is 5.56 Å². The molecule has 0 saturated heterocycles. The maximum absolute atomic E-state index is 14.2. The molecule has 2 aromatic carbocycles. The highest BCUT2D eigenvalue weighted by atomic mass is 35.5. The van der Waals surface area contributed by atoms with Crippen LogP contribution >= 0.6 is 11.6 Å². The second kappa shape index (κ2) is 11.6. The Morgan fingerprint density at radius 2 is 1.89 bits per heavy atom. The van der Waals surface area contributed by atoms with Gasteiger partial charge in [-0.25, -0.2) is 9.18 Å². The van der Waals surface area contributed by atoms with Crippen LogP contribution in [0.4, 0.5) is 4.39 Å². The van der Waals surface area contributed by atoms with E-state index in [1.165, 1.54) is 25.1 Å². The van der Waals surface area contributed by atoms with Gasteiger partial charge in [0.1, 0.15) is 5.82 Å². The first kappa shape index (κ1) is 27.3. The Balaban J connectivity index is 1.80. The summed E-state index contributed by atoms with van der Waals surface area (Å²) in [6, 6.07) is 12.2. The van der Waals surface area contributed by atoms with Crippen LogP contribution in [0.25, 0.3) is 11.1 Å². The molecule has 1 heterocycles. The second-order valence-electron chi connectivity index (χ2n) is 9.23. The van der Waals surface area contributed by atoms with Crippen LogP contribution in [-0.2, 0) is 16.1 Å². The van der Waals surface area contributed by atoms with Crippen molar-refractivity contribution in [3.8, 4) is 11.1 Å². The van der Waals surface area contributed by atoms with E-state index in [2.05, 4.69) is 5.16 Å². The average Bonchev–Trinajstić information content (AvgIpc) is 3.25. The Labute approximate surface area is 212 Å². The van der Waals surface area contributed by atoms with Gasteiger partial charge in [0.2, 0.25) is 11.5 Å². The molecule has 192 valence electrons. The van der Waals surface area contributed by atoms with Gasteiger partial charge >= 0.3 is 5.97 Å². The summed E-state index contributed by atoms with van der Waals surface area (Å²) in [5.74, 6) is -1.82. The van der Waals surface area contributed by atoms with E-state index < -0.39 is 28.7 Å². The molecular weight excluding hydrogens is 491 g/mol. The smallest absolute Gasteiger partial charge is 0.339 e. The summed E-state index contributed by atoms with van der Waals surface area (Å²) in [5, 5.41) is 13.3. The summed E-state index contributed by atoms with van der Waals surface area (Å²) < 4.78 is 24.3. The molecule has 10 heteroatoms. The lowest BCUT2D eigenvalue weighted by Crippen LogP contribution is -2.49. The third kappa shape index (κ3) is 7.36. The molecule has 3 aromatic rings. The number of nitrogens with zero attached hydrogens (tertiary/aromatic N) is 1. The Kier molecular flexibility index (Phi) is 8.84. The minimum atomic E-state index is -1.90. The van der Waals surface area contributed by atoms with Crippen molar-refractivity contribution in [3.05, 3.63) is 81.0 Å². The normalized spacial score (nSPS) is 13.1. The first-order valence-electron chi connectivity index (χ1n) is 11.3. The summed E-state index contributed by atoms with van der Waals surface area (Å²) in [6.07, 6.45) is 0. The first-order valence-corrected chi connectivity index (χ1v) is 11.7. The lowest BCUT2D eigenvalue weighted by molar-refractivity contribution is -0.166. The van der Waals surface area contributed by atoms with Gasteiger partial charge in [0.25, 0.3) is 5.56 Å². The summed E-state index contributed by atoms with van der Waals surface area (Å²) in [6.45, 7) is 4.88. The third-order valence-electron chi connectivity index (χ3n) is 5.28. The number of hydrogen-bond donors (Lipinski definition) is 2. The van der Waals surface area contributed by atoms with E-state index >= 15 is 0 Å². The largest absolute Gasteiger partial charge is 0.463 e. The van der Waals surface area contributed by atoms with Gasteiger partial charge in [0, 0.05) is 23.7 Å². The van der Waals surface area contributed by atoms with Gasteiger partial charge < -0.3 is 14.4 Å². The zero-order chi connectivity index (χ0) is 26.5. The number of aliphatic hydroxyl groups is 1. The molecule has 1 atom stereocenters. The van der Waals surface area contributed by atoms with Gasteiger partial charge in [-0.1, -0.05) is 49.7 Å². The van der Waals surface area contributed by atoms with Gasteiger partial charge in [-0.3, -0.25) is 14.5 Å². The number of nitrogens with one attached hydrogen (secondary N) is 1. The van der Waals surface area contributed by atoms with Gasteiger partial charge in [-0.05, 0) is 42.2 Å². The number of halogens is 2. The Morgan fingerprint density at radius 3 is 2.50 bits per heavy atom. The number of carbonyl (C=O) groups excluding carboxylic acids is 2. The highest BCUT2D eigenvalue weighted by Crippen LogP contribution is 2.26. The van der Waals surface area contributed by atoms with Crippen LogP contribution in [0.5, 0.6) is 0 Å². The monoisotopic (exact) mass is 518 g/mol. The Bertz CT molecular complexity index is 1270. The summed E-state index contributed by atoms with van der Waals surface area (Å²) in [5.41, 5.74) is -0.772. The average molecular weight is 519 g/mol. The fourth-order valence-electron chi connectivity index (χ4n) is 3.53. The van der Waals surface area contributed by atoms with E-state index in [-0.39, 0.29) is 37.9 Å². The van der Waals surface area contributed by atoms with Crippen molar-refractivity contribution in [1.29, 1.82) is 0 Å². The maximum atomic E-state index is 14.2. The lowest BCUT2D eigenvalue weighted by Gasteiger charge is -2.29. The predicted molar refractivity (Wildman–Crippen MR) is 132 cm³/mol. The number of aromatic nitrogens is 1. The number of rotatable bonds is 11. The van der Waals surface area contributed by atoms with E-state index in [4.69, 9.17) is 20.9 Å². The van der Waals surface area contributed by atoms with Crippen LogP contribution in [-0.4, -0.2) is 52.2 Å². The van der Waals surface area contributed by atoms with Crippen molar-refractivity contribution < 1.29 is 28.3 Å². The van der Waals surface area contributed by atoms with Crippen molar-refractivity contribution in [2.75, 3.05) is 19.7 Å². The number of ketones is 1. The van der Waals surface area contributed by atoms with Crippen molar-refractivity contribution >= 4 is 23.4 Å². The fraction of sp³-hybridized carbons (Fsp3) is 0.346. The van der Waals surface area contributed by atoms with E-state index in [0.29, 0.717) is 16.1 Å². The van der Waals surface area contributed by atoms with Gasteiger partial charge in [-0.15, -0.1) is 0 Å². The van der Waals surface area contributed by atoms with Gasteiger partial charge in [0.05, 0.1) is 19.2 Å². The summed E-state index contributed by atoms with van der Waals surface area (Å²) in [4.78, 5) is 38.1. The minimum Gasteiger partial charge on any atom is -0.463 e. The molecule has 0 amide bonds. The molecule has 0 saturated carbocycles. The number of aromatic amines is 1. The van der Waals surface area contributed by atoms with E-state index in [1.54, 1.807) is 29.2 Å². The molecule has 0 bridgehead atoms. The van der Waals surface area contributed by atoms with Crippen molar-refractivity contribution in [1.82, 2.24) is 10.1 Å². The molecule has 0 unspecified atom stereocenters. The predicted octanol–water partition coefficient (Wildman–Crippen LogP) is 4.06. The van der Waals surface area contributed by atoms with E-state index in [0.717, 1.165) is 11.6 Å². The number of benzene rings is 2. The molecule has 0 radical (unpaired) electrons. The fourth-order valence-corrected chi connectivity index (χ4v) is 3.71.